The van der Waals surface area contributed by atoms with Gasteiger partial charge in [-0.25, -0.2) is 0 Å². The van der Waals surface area contributed by atoms with E-state index in [1.807, 2.05) is 0 Å². The van der Waals surface area contributed by atoms with Gasteiger partial charge >= 0.3 is 5.70 Å². The van der Waals surface area contributed by atoms with Gasteiger partial charge in [-0.05, 0) is 31.4 Å². The van der Waals surface area contributed by atoms with Gasteiger partial charge in [0, 0.05) is 23.9 Å². The Hall–Kier alpha value is -1.78. The van der Waals surface area contributed by atoms with E-state index in [0.29, 0.717) is 0 Å². The minimum atomic E-state index is -0.742. The van der Waals surface area contributed by atoms with Gasteiger partial charge < -0.3 is 0 Å². The van der Waals surface area contributed by atoms with E-state index in [-0.39, 0.29) is 5.92 Å². The van der Waals surface area contributed by atoms with Crippen LogP contribution in [0, 0.1) is 16.0 Å². The fraction of sp³-hybridized carbons (Fsp3) is 0.364. The summed E-state index contributed by atoms with van der Waals surface area (Å²) in [5, 5.41) is 10.6. The molecule has 0 fully saturated rings. The molecule has 1 aliphatic heterocycles. The first-order valence-corrected chi connectivity index (χ1v) is 5.06. The number of rotatable bonds is 1. The van der Waals surface area contributed by atoms with Gasteiger partial charge in [-0.15, -0.1) is 0 Å². The van der Waals surface area contributed by atoms with Crippen molar-refractivity contribution in [1.82, 2.24) is 0 Å². The number of hydrogen-bond donors (Lipinski definition) is 0. The molecule has 4 nitrogen and oxygen atoms in total. The number of allylic oxidation sites excluding steroid dienone is 5. The predicted octanol–water partition coefficient (Wildman–Crippen LogP) is 2.77. The zero-order valence-corrected chi connectivity index (χ0v) is 8.81. The highest BCUT2D eigenvalue weighted by atomic mass is 19.1. The van der Waals surface area contributed by atoms with Crippen molar-refractivity contribution in [2.24, 2.45) is 10.9 Å². The molecule has 0 saturated carbocycles. The number of nitro groups is 1. The van der Waals surface area contributed by atoms with E-state index in [0.717, 1.165) is 24.1 Å². The monoisotopic (exact) mass is 222 g/mol. The van der Waals surface area contributed by atoms with E-state index in [2.05, 4.69) is 4.99 Å². The van der Waals surface area contributed by atoms with E-state index in [4.69, 9.17) is 0 Å². The summed E-state index contributed by atoms with van der Waals surface area (Å²) in [5.74, 6) is -0.834. The fourth-order valence-corrected chi connectivity index (χ4v) is 1.96. The molecule has 2 aliphatic rings. The maximum atomic E-state index is 13.4. The van der Waals surface area contributed by atoms with Crippen LogP contribution in [-0.4, -0.2) is 11.1 Å². The summed E-state index contributed by atoms with van der Waals surface area (Å²) < 4.78 is 13.4. The molecule has 0 aromatic rings. The third kappa shape index (κ3) is 1.80. The Morgan fingerprint density at radius 2 is 2.38 bits per heavy atom. The molecule has 0 radical (unpaired) electrons. The largest absolute Gasteiger partial charge is 0.304 e. The zero-order chi connectivity index (χ0) is 11.7. The van der Waals surface area contributed by atoms with Crippen LogP contribution < -0.4 is 0 Å². The second-order valence-corrected chi connectivity index (χ2v) is 3.84. The van der Waals surface area contributed by atoms with Gasteiger partial charge in [0.2, 0.25) is 0 Å². The molecule has 0 spiro atoms. The number of halogens is 1. The van der Waals surface area contributed by atoms with Crippen LogP contribution in [0.2, 0.25) is 0 Å². The molecule has 0 aromatic carbocycles. The summed E-state index contributed by atoms with van der Waals surface area (Å²) >= 11 is 0. The van der Waals surface area contributed by atoms with Crippen LogP contribution in [0.15, 0.2) is 39.9 Å². The lowest BCUT2D eigenvalue weighted by Gasteiger charge is -2.16. The third-order valence-corrected chi connectivity index (χ3v) is 2.79. The normalized spacial score (nSPS) is 24.5. The predicted molar refractivity (Wildman–Crippen MR) is 58.2 cm³/mol. The Labute approximate surface area is 92.0 Å². The van der Waals surface area contributed by atoms with E-state index < -0.39 is 16.4 Å². The third-order valence-electron chi connectivity index (χ3n) is 2.79. The maximum absolute atomic E-state index is 13.4. The first-order valence-electron chi connectivity index (χ1n) is 5.06. The van der Waals surface area contributed by atoms with Gasteiger partial charge in [0.1, 0.15) is 0 Å². The molecule has 0 saturated heterocycles. The molecule has 84 valence electrons. The first kappa shape index (κ1) is 10.7. The van der Waals surface area contributed by atoms with Gasteiger partial charge in [0.25, 0.3) is 0 Å². The summed E-state index contributed by atoms with van der Waals surface area (Å²) in [5.41, 5.74) is 1.01. The summed E-state index contributed by atoms with van der Waals surface area (Å²) in [4.78, 5) is 14.1. The molecule has 0 amide bonds. The quantitative estimate of drug-likeness (QED) is 0.506. The zero-order valence-electron chi connectivity index (χ0n) is 8.81. The molecule has 0 N–H and O–H groups in total. The molecular weight excluding hydrogens is 211 g/mol. The summed E-state index contributed by atoms with van der Waals surface area (Å²) in [7, 11) is 0. The number of aliphatic imine (C=N–C) groups is 1. The molecule has 1 aliphatic carbocycles. The molecular formula is C11H11FN2O2. The Morgan fingerprint density at radius 1 is 1.62 bits per heavy atom. The fourth-order valence-electron chi connectivity index (χ4n) is 1.96. The van der Waals surface area contributed by atoms with Gasteiger partial charge in [0.05, 0.1) is 4.92 Å². The topological polar surface area (TPSA) is 55.5 Å². The van der Waals surface area contributed by atoms with Gasteiger partial charge in [-0.1, -0.05) is 0 Å². The molecule has 1 atom stereocenters. The molecule has 16 heavy (non-hydrogen) atoms. The Bertz CT molecular complexity index is 461. The smallest absolute Gasteiger partial charge is 0.266 e. The number of hydrogen-bond acceptors (Lipinski definition) is 3. The van der Waals surface area contributed by atoms with Crippen molar-refractivity contribution in [3.05, 3.63) is 45.1 Å². The highest BCUT2D eigenvalue weighted by molar-refractivity contribution is 5.61. The molecule has 1 heterocycles. The molecule has 5 heteroatoms. The summed E-state index contributed by atoms with van der Waals surface area (Å²) in [6, 6.07) is 0. The van der Waals surface area contributed by atoms with Crippen molar-refractivity contribution < 1.29 is 9.31 Å². The van der Waals surface area contributed by atoms with Crippen molar-refractivity contribution >= 4 is 6.21 Å². The van der Waals surface area contributed by atoms with Crippen LogP contribution in [0.4, 0.5) is 4.39 Å². The van der Waals surface area contributed by atoms with Crippen molar-refractivity contribution in [3.63, 3.8) is 0 Å². The van der Waals surface area contributed by atoms with Gasteiger partial charge in [-0.2, -0.15) is 4.39 Å². The highest BCUT2D eigenvalue weighted by Gasteiger charge is 2.28. The van der Waals surface area contributed by atoms with Crippen molar-refractivity contribution in [2.45, 2.75) is 19.8 Å². The van der Waals surface area contributed by atoms with E-state index in [9.17, 15) is 14.5 Å². The van der Waals surface area contributed by atoms with Gasteiger partial charge in [-0.3, -0.25) is 15.1 Å². The Balaban J connectivity index is 2.48. The van der Waals surface area contributed by atoms with Crippen molar-refractivity contribution in [1.29, 1.82) is 0 Å². The average molecular weight is 222 g/mol. The minimum Gasteiger partial charge on any atom is -0.266 e. The lowest BCUT2D eigenvalue weighted by Crippen LogP contribution is -2.11. The minimum absolute atomic E-state index is 0.0915. The van der Waals surface area contributed by atoms with Crippen LogP contribution in [0.25, 0.3) is 0 Å². The van der Waals surface area contributed by atoms with E-state index in [1.54, 1.807) is 13.1 Å². The molecule has 0 bridgehead atoms. The van der Waals surface area contributed by atoms with Crippen LogP contribution in [0.1, 0.15) is 19.8 Å². The van der Waals surface area contributed by atoms with Crippen LogP contribution >= 0.6 is 0 Å². The Morgan fingerprint density at radius 3 is 3.06 bits per heavy atom. The van der Waals surface area contributed by atoms with E-state index in [1.165, 1.54) is 12.2 Å². The summed E-state index contributed by atoms with van der Waals surface area (Å²) in [6.07, 6.45) is 5.90. The second kappa shape index (κ2) is 4.00. The second-order valence-electron chi connectivity index (χ2n) is 3.84. The van der Waals surface area contributed by atoms with Crippen molar-refractivity contribution in [3.8, 4) is 0 Å². The summed E-state index contributed by atoms with van der Waals surface area (Å²) in [6.45, 7) is 1.79. The lowest BCUT2D eigenvalue weighted by atomic mass is 9.88. The SMILES string of the molecule is CC1=C2C=C([N+](=O)[O-])C(F)=CC2CCC=N1. The number of fused-ring (bicyclic) bond motifs is 1. The first-order chi connectivity index (χ1) is 7.59. The van der Waals surface area contributed by atoms with E-state index >= 15 is 0 Å². The lowest BCUT2D eigenvalue weighted by molar-refractivity contribution is -0.423. The average Bonchev–Trinajstić information content (AvgIpc) is 2.39. The Kier molecular flexibility index (Phi) is 2.68. The molecule has 0 aromatic heterocycles. The van der Waals surface area contributed by atoms with Crippen molar-refractivity contribution in [2.75, 3.05) is 0 Å². The van der Waals surface area contributed by atoms with Gasteiger partial charge in [0.15, 0.2) is 5.83 Å². The number of nitrogens with zero attached hydrogens (tertiary/aromatic N) is 2. The van der Waals surface area contributed by atoms with Crippen LogP contribution in [0.3, 0.4) is 0 Å². The molecule has 1 unspecified atom stereocenters. The standard InChI is InChI=1S/C11H11FN2O2/c1-7-9-6-11(14(15)16)10(12)5-8(9)3-2-4-13-7/h4-6,8H,2-3H2,1H3. The maximum Gasteiger partial charge on any atom is 0.304 e. The van der Waals surface area contributed by atoms with Crippen LogP contribution in [-0.2, 0) is 0 Å². The highest BCUT2D eigenvalue weighted by Crippen LogP contribution is 2.34. The molecule has 2 rings (SSSR count). The van der Waals surface area contributed by atoms with Crippen LogP contribution in [0.5, 0.6) is 0 Å².